The van der Waals surface area contributed by atoms with E-state index in [-0.39, 0.29) is 29.7 Å². The van der Waals surface area contributed by atoms with Crippen molar-refractivity contribution in [1.82, 2.24) is 10.2 Å². The Morgan fingerprint density at radius 2 is 1.47 bits per heavy atom. The molecule has 47 heavy (non-hydrogen) atoms. The van der Waals surface area contributed by atoms with E-state index in [1.54, 1.807) is 30.3 Å². The van der Waals surface area contributed by atoms with Crippen molar-refractivity contribution in [3.8, 4) is 5.75 Å². The van der Waals surface area contributed by atoms with Crippen molar-refractivity contribution in [2.24, 2.45) is 5.92 Å². The van der Waals surface area contributed by atoms with Gasteiger partial charge in [0.15, 0.2) is 0 Å². The lowest BCUT2D eigenvalue weighted by Gasteiger charge is -2.34. The van der Waals surface area contributed by atoms with Crippen LogP contribution >= 0.6 is 15.9 Å². The van der Waals surface area contributed by atoms with Gasteiger partial charge in [-0.2, -0.15) is 0 Å². The van der Waals surface area contributed by atoms with E-state index in [0.29, 0.717) is 22.5 Å². The largest absolute Gasteiger partial charge is 0.496 e. The van der Waals surface area contributed by atoms with E-state index in [9.17, 15) is 18.0 Å². The molecule has 0 unspecified atom stereocenters. The highest BCUT2D eigenvalue weighted by Gasteiger charge is 2.35. The van der Waals surface area contributed by atoms with Gasteiger partial charge in [-0.25, -0.2) is 8.42 Å². The summed E-state index contributed by atoms with van der Waals surface area (Å²) in [6, 6.07) is 27.8. The monoisotopic (exact) mass is 719 g/mol. The highest BCUT2D eigenvalue weighted by Crippen LogP contribution is 2.31. The van der Waals surface area contributed by atoms with Gasteiger partial charge in [0.05, 0.1) is 22.2 Å². The molecule has 248 valence electrons. The fourth-order valence-electron chi connectivity index (χ4n) is 5.04. The second-order valence-electron chi connectivity index (χ2n) is 12.0. The number of carbonyl (C=O) groups excluding carboxylic acids is 2. The molecule has 0 aromatic heterocycles. The molecule has 8 nitrogen and oxygen atoms in total. The zero-order chi connectivity index (χ0) is 34.1. The SMILES string of the molecule is COc1ccc(S(=O)(=O)N(CC(=O)N(Cc2ccc(C)cc2)[C@H](Cc2ccccc2)C(=O)NCC(C)C)c2ccc(C)cc2)cc1Br. The van der Waals surface area contributed by atoms with Crippen LogP contribution in [0.2, 0.25) is 0 Å². The molecule has 4 rings (SSSR count). The van der Waals surface area contributed by atoms with Crippen LogP contribution in [0, 0.1) is 19.8 Å². The molecule has 0 radical (unpaired) electrons. The number of methoxy groups -OCH3 is 1. The summed E-state index contributed by atoms with van der Waals surface area (Å²) < 4.78 is 35.5. The Hall–Kier alpha value is -4.15. The fraction of sp³-hybridized carbons (Fsp3) is 0.297. The first-order chi connectivity index (χ1) is 22.4. The first-order valence-corrected chi connectivity index (χ1v) is 17.7. The van der Waals surface area contributed by atoms with E-state index >= 15 is 0 Å². The average Bonchev–Trinajstić information content (AvgIpc) is 3.05. The molecule has 0 aliphatic rings. The standard InChI is InChI=1S/C37H42BrN3O5S/c1-26(2)23-39-37(43)34(21-29-9-7-6-8-10-29)40(24-30-15-11-27(3)12-16-30)36(42)25-41(31-17-13-28(4)14-18-31)47(44,45)32-19-20-35(46-5)33(38)22-32/h6-20,22,26,34H,21,23-25H2,1-5H3,(H,39,43)/t34-/m1/s1. The van der Waals surface area contributed by atoms with Crippen molar-refractivity contribution in [2.75, 3.05) is 24.5 Å². The van der Waals surface area contributed by atoms with Gasteiger partial charge in [0.25, 0.3) is 10.0 Å². The van der Waals surface area contributed by atoms with Gasteiger partial charge in [-0.15, -0.1) is 0 Å². The highest BCUT2D eigenvalue weighted by atomic mass is 79.9. The average molecular weight is 721 g/mol. The number of anilines is 1. The second-order valence-corrected chi connectivity index (χ2v) is 14.7. The minimum absolute atomic E-state index is 0.0147. The van der Waals surface area contributed by atoms with Gasteiger partial charge >= 0.3 is 0 Å². The number of hydrogen-bond donors (Lipinski definition) is 1. The molecule has 0 saturated heterocycles. The fourth-order valence-corrected chi connectivity index (χ4v) is 7.17. The summed E-state index contributed by atoms with van der Waals surface area (Å²) in [6.07, 6.45) is 0.255. The molecule has 1 atom stereocenters. The Labute approximate surface area is 286 Å². The summed E-state index contributed by atoms with van der Waals surface area (Å²) in [6.45, 7) is 7.92. The van der Waals surface area contributed by atoms with Crippen LogP contribution in [0.3, 0.4) is 0 Å². The number of nitrogens with one attached hydrogen (secondary N) is 1. The van der Waals surface area contributed by atoms with E-state index in [0.717, 1.165) is 26.6 Å². The molecular formula is C37H42BrN3O5S. The number of carbonyl (C=O) groups is 2. The molecule has 0 spiro atoms. The molecule has 4 aromatic carbocycles. The van der Waals surface area contributed by atoms with Gasteiger partial charge in [0.2, 0.25) is 11.8 Å². The van der Waals surface area contributed by atoms with Gasteiger partial charge in [-0.1, -0.05) is 91.7 Å². The van der Waals surface area contributed by atoms with Crippen molar-refractivity contribution in [2.45, 2.75) is 51.6 Å². The van der Waals surface area contributed by atoms with E-state index in [4.69, 9.17) is 4.74 Å². The first-order valence-electron chi connectivity index (χ1n) is 15.5. The van der Waals surface area contributed by atoms with Gasteiger partial charge in [-0.05, 0) is 77.2 Å². The van der Waals surface area contributed by atoms with Crippen LogP contribution in [0.4, 0.5) is 5.69 Å². The molecule has 0 saturated carbocycles. The lowest BCUT2D eigenvalue weighted by molar-refractivity contribution is -0.140. The Bertz CT molecular complexity index is 1760. The third-order valence-corrected chi connectivity index (χ3v) is 10.1. The van der Waals surface area contributed by atoms with Crippen LogP contribution in [0.5, 0.6) is 5.75 Å². The molecule has 0 fully saturated rings. The van der Waals surface area contributed by atoms with Crippen molar-refractivity contribution < 1.29 is 22.7 Å². The number of hydrogen-bond acceptors (Lipinski definition) is 5. The van der Waals surface area contributed by atoms with E-state index in [1.165, 1.54) is 24.1 Å². The minimum atomic E-state index is -4.25. The summed E-state index contributed by atoms with van der Waals surface area (Å²) in [5, 5.41) is 3.02. The Morgan fingerprint density at radius 3 is 2.04 bits per heavy atom. The topological polar surface area (TPSA) is 96.0 Å². The lowest BCUT2D eigenvalue weighted by atomic mass is 10.0. The molecular weight excluding hydrogens is 678 g/mol. The summed E-state index contributed by atoms with van der Waals surface area (Å²) in [4.78, 5) is 30.0. The van der Waals surface area contributed by atoms with Crippen LogP contribution in [-0.4, -0.2) is 51.4 Å². The first kappa shape index (κ1) is 35.7. The van der Waals surface area contributed by atoms with Crippen molar-refractivity contribution >= 4 is 43.5 Å². The predicted molar refractivity (Wildman–Crippen MR) is 190 cm³/mol. The summed E-state index contributed by atoms with van der Waals surface area (Å²) in [5.74, 6) is -0.138. The number of ether oxygens (including phenoxy) is 1. The number of benzene rings is 4. The maximum atomic E-state index is 14.6. The minimum Gasteiger partial charge on any atom is -0.496 e. The zero-order valence-corrected chi connectivity index (χ0v) is 29.8. The van der Waals surface area contributed by atoms with Crippen LogP contribution in [0.25, 0.3) is 0 Å². The third-order valence-electron chi connectivity index (χ3n) is 7.74. The van der Waals surface area contributed by atoms with Gasteiger partial charge in [-0.3, -0.25) is 13.9 Å². The molecule has 0 heterocycles. The maximum Gasteiger partial charge on any atom is 0.264 e. The Balaban J connectivity index is 1.80. The molecule has 4 aromatic rings. The molecule has 0 aliphatic carbocycles. The van der Waals surface area contributed by atoms with Crippen LogP contribution < -0.4 is 14.4 Å². The number of amides is 2. The number of aryl methyl sites for hydroxylation is 2. The smallest absolute Gasteiger partial charge is 0.264 e. The Kier molecular flexibility index (Phi) is 12.2. The quantitative estimate of drug-likeness (QED) is 0.157. The van der Waals surface area contributed by atoms with Crippen LogP contribution in [0.1, 0.15) is 36.1 Å². The Morgan fingerprint density at radius 1 is 0.851 bits per heavy atom. The third kappa shape index (κ3) is 9.45. The molecule has 1 N–H and O–H groups in total. The second kappa shape index (κ2) is 16.1. The summed E-state index contributed by atoms with van der Waals surface area (Å²) in [7, 11) is -2.75. The van der Waals surface area contributed by atoms with Gasteiger partial charge < -0.3 is 15.0 Å². The highest BCUT2D eigenvalue weighted by molar-refractivity contribution is 9.10. The van der Waals surface area contributed by atoms with Gasteiger partial charge in [0, 0.05) is 19.5 Å². The lowest BCUT2D eigenvalue weighted by Crippen LogP contribution is -2.53. The normalized spacial score (nSPS) is 12.0. The molecule has 0 bridgehead atoms. The predicted octanol–water partition coefficient (Wildman–Crippen LogP) is 6.68. The summed E-state index contributed by atoms with van der Waals surface area (Å²) in [5.41, 5.74) is 4.03. The van der Waals surface area contributed by atoms with Crippen LogP contribution in [0.15, 0.2) is 106 Å². The molecule has 2 amide bonds. The number of sulfonamides is 1. The summed E-state index contributed by atoms with van der Waals surface area (Å²) >= 11 is 3.39. The van der Waals surface area contributed by atoms with E-state index in [1.807, 2.05) is 82.3 Å². The van der Waals surface area contributed by atoms with Crippen molar-refractivity contribution in [3.05, 3.63) is 124 Å². The zero-order valence-electron chi connectivity index (χ0n) is 27.4. The maximum absolute atomic E-state index is 14.6. The number of halogens is 1. The van der Waals surface area contributed by atoms with Crippen molar-refractivity contribution in [1.29, 1.82) is 0 Å². The number of rotatable bonds is 14. The van der Waals surface area contributed by atoms with Gasteiger partial charge in [0.1, 0.15) is 18.3 Å². The molecule has 0 aliphatic heterocycles. The van der Waals surface area contributed by atoms with E-state index < -0.39 is 28.5 Å². The van der Waals surface area contributed by atoms with Crippen molar-refractivity contribution in [3.63, 3.8) is 0 Å². The van der Waals surface area contributed by atoms with Crippen LogP contribution in [-0.2, 0) is 32.6 Å². The molecule has 10 heteroatoms. The number of nitrogens with zero attached hydrogens (tertiary/aromatic N) is 2. The van der Waals surface area contributed by atoms with E-state index in [2.05, 4.69) is 21.2 Å².